The average molecular weight is 2000 g/mol. The van der Waals surface area contributed by atoms with E-state index in [1.165, 1.54) is 57.5 Å². The predicted molar refractivity (Wildman–Crippen MR) is 532 cm³/mol. The number of nitrogens with two attached hydrogens (primary N) is 1. The molecule has 10 heterocycles. The lowest BCUT2D eigenvalue weighted by Gasteiger charge is -2.32. The van der Waals surface area contributed by atoms with E-state index < -0.39 is 38.0 Å². The summed E-state index contributed by atoms with van der Waals surface area (Å²) in [4.78, 5) is 73.5. The highest BCUT2D eigenvalue weighted by atomic mass is 127. The van der Waals surface area contributed by atoms with Crippen molar-refractivity contribution in [3.63, 3.8) is 0 Å². The average Bonchev–Trinajstić information content (AvgIpc) is 1.57. The Balaban J connectivity index is 0.000000135. The molecule has 0 bridgehead atoms. The Morgan fingerprint density at radius 1 is 0.453 bits per heavy atom. The molecule has 20 rings (SSSR count). The number of rotatable bonds is 24. The van der Waals surface area contributed by atoms with Crippen molar-refractivity contribution in [1.29, 1.82) is 0 Å². The number of nitrogens with one attached hydrogen (secondary N) is 1. The summed E-state index contributed by atoms with van der Waals surface area (Å²) in [5.74, 6) is -0.295. The van der Waals surface area contributed by atoms with Crippen LogP contribution in [0.1, 0.15) is 93.9 Å². The van der Waals surface area contributed by atoms with E-state index in [1.807, 2.05) is 260 Å². The zero-order valence-electron chi connectivity index (χ0n) is 75.2. The summed E-state index contributed by atoms with van der Waals surface area (Å²) in [5.41, 5.74) is 17.2. The fourth-order valence-corrected chi connectivity index (χ4v) is 19.8. The number of benzene rings is 9. The molecule has 1 aliphatic heterocycles. The standard InChI is InChI=1S/C37H30N6O4S.C29H24IN3O4S.C17H14N6O2.C14H18BN3O2.C4H5ClO/c1-47-37(44)33-24-38-36(41(25-27-12-5-2-6-13-27)26-28-14-7-3-8-15-28)35-32(33)23-34(42(35)48(45,46)31-18-9-4-10-19-31)29-16-11-17-30(22-29)43-39-20-21-40-43;1-37-29(34)25-18-31-28(32(19-21-11-5-2-6-12-21)20-22-13-7-3-8-14-22)27-24(25)17-26(30)33(27)38(35,36)23-15-9-4-10-16-23;1-25-17(24)13-9-19-16(18)15-12(13)8-14(22-15)10-3-2-4-11(7-10)23-20-5-6-21-23;1-13(2)14(3,4)20-15(19-13)11-6-5-7-12(10-11)18-16-8-9-17-18;5-4(6)3-1-2-3/h2-24H,25-26H2,1H3;2-18H,19-20H2,1H3;2-9,22H,1H3,(H2,18,19);5-10H,1-4H3;3H,1-2H2. The van der Waals surface area contributed by atoms with Crippen LogP contribution in [0, 0.1) is 9.62 Å². The zero-order chi connectivity index (χ0) is 96.1. The van der Waals surface area contributed by atoms with Gasteiger partial charge in [-0.3, -0.25) is 4.79 Å². The predicted octanol–water partition coefficient (Wildman–Crippen LogP) is 17.3. The van der Waals surface area contributed by atoms with Gasteiger partial charge in [0, 0.05) is 83.7 Å². The van der Waals surface area contributed by atoms with Crippen LogP contribution in [-0.2, 0) is 74.5 Å². The molecule has 9 aromatic carbocycles. The van der Waals surface area contributed by atoms with E-state index in [2.05, 4.69) is 45.5 Å². The van der Waals surface area contributed by atoms with Crippen LogP contribution in [0.2, 0.25) is 0 Å². The number of fused-ring (bicyclic) bond motifs is 3. The second kappa shape index (κ2) is 41.8. The summed E-state index contributed by atoms with van der Waals surface area (Å²) in [6.07, 6.45) is 16.0. The molecule has 36 heteroatoms. The van der Waals surface area contributed by atoms with Gasteiger partial charge in [0.25, 0.3) is 20.0 Å². The number of H-pyrrole nitrogens is 1. The number of anilines is 3. The van der Waals surface area contributed by atoms with Crippen LogP contribution in [-0.4, -0.2) is 152 Å². The van der Waals surface area contributed by atoms with Gasteiger partial charge in [-0.25, -0.2) is 54.1 Å². The van der Waals surface area contributed by atoms with Gasteiger partial charge in [-0.05, 0) is 181 Å². The van der Waals surface area contributed by atoms with Gasteiger partial charge in [0.05, 0.1) is 128 Å². The van der Waals surface area contributed by atoms with Gasteiger partial charge in [0.2, 0.25) is 5.24 Å². The van der Waals surface area contributed by atoms with E-state index in [-0.39, 0.29) is 55.9 Å². The van der Waals surface area contributed by atoms with Gasteiger partial charge in [0.1, 0.15) is 16.9 Å². The molecular weight excluding hydrogens is 1910 g/mol. The Bertz CT molecular complexity index is 7470. The first-order valence-electron chi connectivity index (χ1n) is 43.2. The molecule has 1 saturated carbocycles. The van der Waals surface area contributed by atoms with E-state index in [0.717, 1.165) is 63.2 Å². The largest absolute Gasteiger partial charge is 0.494 e. The van der Waals surface area contributed by atoms with Crippen molar-refractivity contribution in [3.05, 3.63) is 371 Å². The van der Waals surface area contributed by atoms with Crippen LogP contribution in [0.5, 0.6) is 0 Å². The van der Waals surface area contributed by atoms with Crippen LogP contribution in [0.4, 0.5) is 17.5 Å². The van der Waals surface area contributed by atoms with Crippen molar-refractivity contribution in [2.24, 2.45) is 5.92 Å². The molecule has 1 aliphatic carbocycles. The Morgan fingerprint density at radius 2 is 0.810 bits per heavy atom. The number of hydrogen-bond acceptors (Lipinski definition) is 25. The Kier molecular flexibility index (Phi) is 29.0. The summed E-state index contributed by atoms with van der Waals surface area (Å²) in [5, 5.41) is 26.4. The van der Waals surface area contributed by atoms with Gasteiger partial charge in [0.15, 0.2) is 11.6 Å². The highest BCUT2D eigenvalue weighted by Gasteiger charge is 2.52. The summed E-state index contributed by atoms with van der Waals surface area (Å²) >= 11 is 7.03. The SMILES string of the molecule is CC1(C)OB(c2cccc(-n3nccn3)c2)OC1(C)C.COC(=O)c1cnc(N(Cc2ccccc2)Cc2ccccc2)c2c1cc(-c1cccc(-n3nccn3)c1)n2S(=O)(=O)c1ccccc1.COC(=O)c1cnc(N(Cc2ccccc2)Cc2ccccc2)c2c1cc(I)n2S(=O)(=O)c1ccccc1.COC(=O)c1cnc(N)c2[nH]c(-c3cccc(-n4nccn4)c3)cc12.O=C(Cl)C1CC1. The van der Waals surface area contributed by atoms with Crippen molar-refractivity contribution in [2.45, 2.75) is 87.7 Å². The number of aromatic amines is 1. The van der Waals surface area contributed by atoms with E-state index in [4.69, 9.17) is 45.8 Å². The molecule has 1 saturated heterocycles. The molecular formula is C101H91BClIN18O13S2. The number of aromatic nitrogens is 15. The molecule has 0 unspecified atom stereocenters. The Hall–Kier alpha value is -15.1. The molecule has 2 aliphatic rings. The normalized spacial score (nSPS) is 13.0. The molecule has 137 heavy (non-hydrogen) atoms. The monoisotopic (exact) mass is 2000 g/mol. The van der Waals surface area contributed by atoms with E-state index in [9.17, 15) is 36.0 Å². The lowest BCUT2D eigenvalue weighted by atomic mass is 9.79. The van der Waals surface area contributed by atoms with E-state index in [0.29, 0.717) is 97.0 Å². The van der Waals surface area contributed by atoms with Crippen LogP contribution < -0.4 is 21.0 Å². The Morgan fingerprint density at radius 3 is 1.21 bits per heavy atom. The fourth-order valence-electron chi connectivity index (χ4n) is 15.3. The minimum absolute atomic E-state index is 0.0840. The second-order valence-corrected chi connectivity index (χ2v) is 37.7. The minimum Gasteiger partial charge on any atom is -0.465 e. The lowest BCUT2D eigenvalue weighted by molar-refractivity contribution is -0.112. The van der Waals surface area contributed by atoms with Gasteiger partial charge >= 0.3 is 25.0 Å². The molecule has 0 radical (unpaired) electrons. The number of methoxy groups -OCH3 is 3. The highest BCUT2D eigenvalue weighted by Crippen LogP contribution is 2.43. The maximum absolute atomic E-state index is 14.8. The zero-order valence-corrected chi connectivity index (χ0v) is 79.7. The quantitative estimate of drug-likeness (QED) is 0.0186. The third kappa shape index (κ3) is 21.3. The summed E-state index contributed by atoms with van der Waals surface area (Å²) in [6, 6.07) is 84.2. The van der Waals surface area contributed by atoms with Crippen molar-refractivity contribution in [3.8, 4) is 39.6 Å². The first kappa shape index (κ1) is 95.0. The number of nitrogen functional groups attached to an aromatic ring is 1. The Labute approximate surface area is 808 Å². The summed E-state index contributed by atoms with van der Waals surface area (Å²) < 4.78 is 87.7. The number of hydrogen-bond donors (Lipinski definition) is 2. The number of pyridine rings is 3. The molecule has 692 valence electrons. The third-order valence-electron chi connectivity index (χ3n) is 23.0. The van der Waals surface area contributed by atoms with E-state index >= 15 is 0 Å². The van der Waals surface area contributed by atoms with Crippen LogP contribution in [0.25, 0.3) is 72.3 Å². The number of esters is 3. The molecule has 3 N–H and O–H groups in total. The molecule has 9 aromatic heterocycles. The maximum Gasteiger partial charge on any atom is 0.494 e. The van der Waals surface area contributed by atoms with Gasteiger partial charge in [-0.15, -0.1) is 0 Å². The highest BCUT2D eigenvalue weighted by molar-refractivity contribution is 14.1. The molecule has 31 nitrogen and oxygen atoms in total. The van der Waals surface area contributed by atoms with Gasteiger partial charge in [-0.1, -0.05) is 194 Å². The topological polar surface area (TPSA) is 372 Å². The maximum atomic E-state index is 14.8. The van der Waals surface area contributed by atoms with Crippen molar-refractivity contribution in [1.82, 2.24) is 72.9 Å². The number of carbonyl (C=O) groups is 4. The van der Waals surface area contributed by atoms with Gasteiger partial charge in [-0.2, -0.15) is 45.0 Å². The van der Waals surface area contributed by atoms with E-state index in [1.54, 1.807) is 115 Å². The van der Waals surface area contributed by atoms with Crippen LogP contribution in [0.3, 0.4) is 0 Å². The number of nitrogens with zero attached hydrogens (tertiary/aromatic N) is 16. The lowest BCUT2D eigenvalue weighted by Crippen LogP contribution is -2.41. The number of ether oxygens (including phenoxy) is 3. The fraction of sp³-hybridized carbons (Fsp3) is 0.158. The number of carbonyl (C=O) groups excluding carboxylic acids is 4. The third-order valence-corrected chi connectivity index (χ3v) is 27.9. The minimum atomic E-state index is -4.26. The smallest absolute Gasteiger partial charge is 0.465 e. The molecule has 0 spiro atoms. The van der Waals surface area contributed by atoms with Gasteiger partial charge < -0.3 is 44.0 Å². The van der Waals surface area contributed by atoms with Crippen molar-refractivity contribution >= 4 is 140 Å². The van der Waals surface area contributed by atoms with Crippen LogP contribution in [0.15, 0.2) is 339 Å². The van der Waals surface area contributed by atoms with Crippen molar-refractivity contribution in [2.75, 3.05) is 36.9 Å². The van der Waals surface area contributed by atoms with Crippen molar-refractivity contribution < 1.29 is 59.5 Å². The molecule has 0 amide bonds. The first-order valence-corrected chi connectivity index (χ1v) is 47.5. The first-order chi connectivity index (χ1) is 66.2. The summed E-state index contributed by atoms with van der Waals surface area (Å²) in [7, 11) is -4.72. The summed E-state index contributed by atoms with van der Waals surface area (Å²) in [6.45, 7) is 9.98. The number of halogens is 2. The van der Waals surface area contributed by atoms with Crippen LogP contribution >= 0.6 is 34.2 Å². The second-order valence-electron chi connectivity index (χ2n) is 32.7. The molecule has 18 aromatic rings. The molecule has 2 fully saturated rings. The molecule has 0 atom stereocenters.